The molecular formula is C23H28N2O4. The van der Waals surface area contributed by atoms with Gasteiger partial charge in [0, 0.05) is 25.4 Å². The summed E-state index contributed by atoms with van der Waals surface area (Å²) in [6.45, 7) is 5.80. The zero-order chi connectivity index (χ0) is 20.5. The number of carbonyl (C=O) groups is 1. The Kier molecular flexibility index (Phi) is 7.53. The highest BCUT2D eigenvalue weighted by atomic mass is 16.5. The minimum Gasteiger partial charge on any atom is -0.493 e. The van der Waals surface area contributed by atoms with E-state index in [1.165, 1.54) is 0 Å². The number of anilines is 1. The predicted molar refractivity (Wildman–Crippen MR) is 114 cm³/mol. The highest BCUT2D eigenvalue weighted by Gasteiger charge is 2.23. The highest BCUT2D eigenvalue weighted by Crippen LogP contribution is 2.29. The Hall–Kier alpha value is -2.99. The number of carbonyl (C=O) groups excluding carboxylic acids is 1. The number of methoxy groups -OCH3 is 1. The average Bonchev–Trinajstić information content (AvgIpc) is 3.26. The lowest BCUT2D eigenvalue weighted by Crippen LogP contribution is -2.39. The zero-order valence-corrected chi connectivity index (χ0v) is 16.8. The third-order valence-corrected chi connectivity index (χ3v) is 4.72. The molecule has 1 fully saturated rings. The van der Waals surface area contributed by atoms with Crippen molar-refractivity contribution in [2.24, 2.45) is 0 Å². The van der Waals surface area contributed by atoms with Gasteiger partial charge in [-0.2, -0.15) is 0 Å². The van der Waals surface area contributed by atoms with Crippen LogP contribution in [0.3, 0.4) is 0 Å². The summed E-state index contributed by atoms with van der Waals surface area (Å²) in [4.78, 5) is 14.7. The van der Waals surface area contributed by atoms with Gasteiger partial charge in [0.25, 0.3) is 0 Å². The second-order valence-electron chi connectivity index (χ2n) is 6.90. The molecule has 154 valence electrons. The second kappa shape index (κ2) is 10.5. The molecule has 0 bridgehead atoms. The van der Waals surface area contributed by atoms with E-state index in [0.29, 0.717) is 31.2 Å². The standard InChI is InChI=1S/C23H28N2O4/c1-3-13-29-21-12-11-18(15-22(21)27-2)16-25(17-20-10-7-14-28-20)23(26)24-19-8-5-4-6-9-19/h3-6,8-9,11-12,15,20H,1,7,10,13-14,16-17H2,2H3,(H,24,26)/t20-/m1/s1. The first-order chi connectivity index (χ1) is 14.2. The van der Waals surface area contributed by atoms with Gasteiger partial charge in [0.1, 0.15) is 6.61 Å². The summed E-state index contributed by atoms with van der Waals surface area (Å²) in [5.41, 5.74) is 1.72. The summed E-state index contributed by atoms with van der Waals surface area (Å²) < 4.78 is 16.8. The van der Waals surface area contributed by atoms with E-state index in [1.54, 1.807) is 18.1 Å². The average molecular weight is 396 g/mol. The fourth-order valence-corrected chi connectivity index (χ4v) is 3.28. The van der Waals surface area contributed by atoms with Gasteiger partial charge < -0.3 is 24.4 Å². The molecule has 0 aromatic heterocycles. The summed E-state index contributed by atoms with van der Waals surface area (Å²) in [6.07, 6.45) is 3.74. The number of hydrogen-bond donors (Lipinski definition) is 1. The number of nitrogens with one attached hydrogen (secondary N) is 1. The maximum atomic E-state index is 13.0. The van der Waals surface area contributed by atoms with Crippen LogP contribution in [0.15, 0.2) is 61.2 Å². The normalized spacial score (nSPS) is 15.6. The van der Waals surface area contributed by atoms with Crippen LogP contribution in [0.2, 0.25) is 0 Å². The van der Waals surface area contributed by atoms with Crippen LogP contribution in [0, 0.1) is 0 Å². The highest BCUT2D eigenvalue weighted by molar-refractivity contribution is 5.89. The van der Waals surface area contributed by atoms with Gasteiger partial charge in [-0.1, -0.05) is 36.9 Å². The van der Waals surface area contributed by atoms with Crippen molar-refractivity contribution in [1.82, 2.24) is 4.90 Å². The van der Waals surface area contributed by atoms with Crippen LogP contribution in [0.4, 0.5) is 10.5 Å². The van der Waals surface area contributed by atoms with Gasteiger partial charge in [0.15, 0.2) is 11.5 Å². The van der Waals surface area contributed by atoms with Crippen LogP contribution in [-0.4, -0.2) is 43.9 Å². The number of nitrogens with zero attached hydrogens (tertiary/aromatic N) is 1. The fourth-order valence-electron chi connectivity index (χ4n) is 3.28. The molecule has 6 nitrogen and oxygen atoms in total. The molecule has 0 saturated carbocycles. The van der Waals surface area contributed by atoms with E-state index in [0.717, 1.165) is 30.7 Å². The molecule has 3 rings (SSSR count). The number of amides is 2. The van der Waals surface area contributed by atoms with Crippen LogP contribution < -0.4 is 14.8 Å². The van der Waals surface area contributed by atoms with E-state index in [9.17, 15) is 4.79 Å². The molecule has 0 radical (unpaired) electrons. The quantitative estimate of drug-likeness (QED) is 0.635. The van der Waals surface area contributed by atoms with Crippen LogP contribution in [0.5, 0.6) is 11.5 Å². The van der Waals surface area contributed by atoms with Crippen molar-refractivity contribution in [2.75, 3.05) is 32.2 Å². The molecule has 2 aromatic carbocycles. The lowest BCUT2D eigenvalue weighted by atomic mass is 10.1. The second-order valence-corrected chi connectivity index (χ2v) is 6.90. The number of benzene rings is 2. The van der Waals surface area contributed by atoms with Crippen LogP contribution in [0.1, 0.15) is 18.4 Å². The largest absolute Gasteiger partial charge is 0.493 e. The van der Waals surface area contributed by atoms with Gasteiger partial charge in [-0.15, -0.1) is 0 Å². The molecule has 29 heavy (non-hydrogen) atoms. The number of hydrogen-bond acceptors (Lipinski definition) is 4. The van der Waals surface area contributed by atoms with Crippen LogP contribution in [0.25, 0.3) is 0 Å². The Morgan fingerprint density at radius 3 is 2.79 bits per heavy atom. The van der Waals surface area contributed by atoms with E-state index >= 15 is 0 Å². The number of ether oxygens (including phenoxy) is 3. The van der Waals surface area contributed by atoms with Gasteiger partial charge in [0.2, 0.25) is 0 Å². The minimum absolute atomic E-state index is 0.0635. The van der Waals surface area contributed by atoms with Gasteiger partial charge in [0.05, 0.1) is 13.2 Å². The molecule has 0 aliphatic carbocycles. The molecule has 0 spiro atoms. The smallest absolute Gasteiger partial charge is 0.322 e. The zero-order valence-electron chi connectivity index (χ0n) is 16.8. The number of rotatable bonds is 9. The molecule has 1 saturated heterocycles. The van der Waals surface area contributed by atoms with E-state index in [1.807, 2.05) is 48.5 Å². The summed E-state index contributed by atoms with van der Waals surface area (Å²) >= 11 is 0. The summed E-state index contributed by atoms with van der Waals surface area (Å²) in [5.74, 6) is 1.28. The van der Waals surface area contributed by atoms with Crippen LogP contribution >= 0.6 is 0 Å². The Balaban J connectivity index is 1.74. The van der Waals surface area contributed by atoms with E-state index in [4.69, 9.17) is 14.2 Å². The van der Waals surface area contributed by atoms with Gasteiger partial charge in [-0.05, 0) is 42.7 Å². The van der Waals surface area contributed by atoms with Gasteiger partial charge >= 0.3 is 6.03 Å². The SMILES string of the molecule is C=CCOc1ccc(CN(C[C@H]2CCCO2)C(=O)Nc2ccccc2)cc1OC. The van der Waals surface area contributed by atoms with Crippen molar-refractivity contribution in [1.29, 1.82) is 0 Å². The maximum absolute atomic E-state index is 13.0. The van der Waals surface area contributed by atoms with Crippen molar-refractivity contribution >= 4 is 11.7 Å². The third-order valence-electron chi connectivity index (χ3n) is 4.72. The molecule has 2 amide bonds. The third kappa shape index (κ3) is 5.99. The Morgan fingerprint density at radius 2 is 2.10 bits per heavy atom. The van der Waals surface area contributed by atoms with E-state index < -0.39 is 0 Å². The maximum Gasteiger partial charge on any atom is 0.322 e. The molecule has 1 aliphatic heterocycles. The van der Waals surface area contributed by atoms with E-state index in [2.05, 4.69) is 11.9 Å². The Bertz CT molecular complexity index is 804. The van der Waals surface area contributed by atoms with Crippen molar-refractivity contribution in [3.05, 3.63) is 66.7 Å². The van der Waals surface area contributed by atoms with Gasteiger partial charge in [-0.25, -0.2) is 4.79 Å². The molecule has 6 heteroatoms. The lowest BCUT2D eigenvalue weighted by molar-refractivity contribution is 0.0819. The van der Waals surface area contributed by atoms with Crippen molar-refractivity contribution < 1.29 is 19.0 Å². The Labute approximate surface area is 172 Å². The summed E-state index contributed by atoms with van der Waals surface area (Å²) in [6, 6.07) is 15.0. The molecule has 1 aliphatic rings. The topological polar surface area (TPSA) is 60.0 Å². The predicted octanol–water partition coefficient (Wildman–Crippen LogP) is 4.47. The van der Waals surface area contributed by atoms with Crippen molar-refractivity contribution in [2.45, 2.75) is 25.5 Å². The molecule has 1 heterocycles. The lowest BCUT2D eigenvalue weighted by Gasteiger charge is -2.26. The first-order valence-electron chi connectivity index (χ1n) is 9.82. The van der Waals surface area contributed by atoms with Crippen molar-refractivity contribution in [3.63, 3.8) is 0 Å². The van der Waals surface area contributed by atoms with Crippen LogP contribution in [-0.2, 0) is 11.3 Å². The van der Waals surface area contributed by atoms with E-state index in [-0.39, 0.29) is 12.1 Å². The minimum atomic E-state index is -0.155. The fraction of sp³-hybridized carbons (Fsp3) is 0.348. The monoisotopic (exact) mass is 396 g/mol. The number of para-hydroxylation sites is 1. The molecular weight excluding hydrogens is 368 g/mol. The molecule has 1 N–H and O–H groups in total. The Morgan fingerprint density at radius 1 is 1.28 bits per heavy atom. The number of urea groups is 1. The molecule has 1 atom stereocenters. The van der Waals surface area contributed by atoms with Gasteiger partial charge in [-0.3, -0.25) is 0 Å². The summed E-state index contributed by atoms with van der Waals surface area (Å²) in [5, 5.41) is 2.97. The first-order valence-corrected chi connectivity index (χ1v) is 9.82. The molecule has 0 unspecified atom stereocenters. The first kappa shape index (κ1) is 20.7. The molecule has 2 aromatic rings. The summed E-state index contributed by atoms with van der Waals surface area (Å²) in [7, 11) is 1.60. The van der Waals surface area contributed by atoms with Crippen molar-refractivity contribution in [3.8, 4) is 11.5 Å².